The number of ether oxygens (including phenoxy) is 1. The van der Waals surface area contributed by atoms with Crippen molar-refractivity contribution in [1.29, 1.82) is 0 Å². The highest BCUT2D eigenvalue weighted by Gasteiger charge is 1.95. The number of para-hydroxylation sites is 1. The molecule has 0 saturated heterocycles. The van der Waals surface area contributed by atoms with E-state index in [9.17, 15) is 5.11 Å². The van der Waals surface area contributed by atoms with Gasteiger partial charge in [-0.2, -0.15) is 0 Å². The van der Waals surface area contributed by atoms with Crippen LogP contribution < -0.4 is 4.74 Å². The van der Waals surface area contributed by atoms with Gasteiger partial charge in [-0.05, 0) is 23.8 Å². The third kappa shape index (κ3) is 2.88. The van der Waals surface area contributed by atoms with E-state index in [0.717, 1.165) is 16.9 Å². The number of aromatic hydroxyl groups is 1. The molecule has 1 N–H and O–H groups in total. The molecule has 2 nitrogen and oxygen atoms in total. The van der Waals surface area contributed by atoms with Crippen molar-refractivity contribution in [2.24, 2.45) is 0 Å². The van der Waals surface area contributed by atoms with Crippen LogP contribution in [0.15, 0.2) is 48.5 Å². The average Bonchev–Trinajstić information content (AvgIpc) is 2.38. The lowest BCUT2D eigenvalue weighted by molar-refractivity contribution is 0.414. The van der Waals surface area contributed by atoms with Crippen LogP contribution in [0.4, 0.5) is 0 Å². The fourth-order valence-electron chi connectivity index (χ4n) is 1.56. The minimum Gasteiger partial charge on any atom is -0.507 e. The first-order valence-corrected chi connectivity index (χ1v) is 5.40. The number of hydrogen-bond donors (Lipinski definition) is 1. The number of phenolic OH excluding ortho intramolecular Hbond substituents is 1. The largest absolute Gasteiger partial charge is 0.507 e. The molecule has 2 heteroatoms. The second-order valence-electron chi connectivity index (χ2n) is 3.67. The molecular weight excluding hydrogens is 212 g/mol. The summed E-state index contributed by atoms with van der Waals surface area (Å²) in [5.74, 6) is 1.11. The first-order chi connectivity index (χ1) is 8.29. The van der Waals surface area contributed by atoms with Crippen molar-refractivity contribution in [3.63, 3.8) is 0 Å². The predicted octanol–water partition coefficient (Wildman–Crippen LogP) is 3.57. The van der Waals surface area contributed by atoms with Crippen LogP contribution in [0.3, 0.4) is 0 Å². The Kier molecular flexibility index (Phi) is 3.46. The Morgan fingerprint density at radius 2 is 1.82 bits per heavy atom. The molecule has 0 amide bonds. The standard InChI is InChI=1S/C15H14O2/c1-17-14-7-4-5-12(11-14)9-10-13-6-2-3-8-15(13)16/h2-11,16H,1H3. The molecule has 17 heavy (non-hydrogen) atoms. The van der Waals surface area contributed by atoms with Crippen LogP contribution >= 0.6 is 0 Å². The van der Waals surface area contributed by atoms with E-state index < -0.39 is 0 Å². The highest BCUT2D eigenvalue weighted by Crippen LogP contribution is 2.20. The molecule has 0 unspecified atom stereocenters. The Morgan fingerprint density at radius 3 is 2.59 bits per heavy atom. The Hall–Kier alpha value is -2.22. The van der Waals surface area contributed by atoms with E-state index in [1.165, 1.54) is 0 Å². The van der Waals surface area contributed by atoms with E-state index in [4.69, 9.17) is 4.74 Å². The van der Waals surface area contributed by atoms with Crippen molar-refractivity contribution in [2.45, 2.75) is 0 Å². The van der Waals surface area contributed by atoms with Gasteiger partial charge in [0.15, 0.2) is 0 Å². The number of methoxy groups -OCH3 is 1. The van der Waals surface area contributed by atoms with Gasteiger partial charge in [0.2, 0.25) is 0 Å². The van der Waals surface area contributed by atoms with E-state index in [1.54, 1.807) is 19.2 Å². The zero-order chi connectivity index (χ0) is 12.1. The highest BCUT2D eigenvalue weighted by molar-refractivity contribution is 5.72. The first-order valence-electron chi connectivity index (χ1n) is 5.40. The van der Waals surface area contributed by atoms with E-state index in [-0.39, 0.29) is 5.75 Å². The Morgan fingerprint density at radius 1 is 1.00 bits per heavy atom. The summed E-state index contributed by atoms with van der Waals surface area (Å²) >= 11 is 0. The topological polar surface area (TPSA) is 29.5 Å². The van der Waals surface area contributed by atoms with Gasteiger partial charge in [-0.1, -0.05) is 42.5 Å². The van der Waals surface area contributed by atoms with Gasteiger partial charge in [-0.3, -0.25) is 0 Å². The zero-order valence-corrected chi connectivity index (χ0v) is 9.63. The molecule has 0 radical (unpaired) electrons. The molecule has 0 aromatic heterocycles. The summed E-state index contributed by atoms with van der Waals surface area (Å²) in [6.07, 6.45) is 3.82. The quantitative estimate of drug-likeness (QED) is 0.811. The Balaban J connectivity index is 2.23. The fourth-order valence-corrected chi connectivity index (χ4v) is 1.56. The number of hydrogen-bond acceptors (Lipinski definition) is 2. The summed E-state index contributed by atoms with van der Waals surface area (Å²) in [5, 5.41) is 9.61. The molecule has 0 heterocycles. The van der Waals surface area contributed by atoms with Crippen LogP contribution in [0.25, 0.3) is 12.2 Å². The highest BCUT2D eigenvalue weighted by atomic mass is 16.5. The van der Waals surface area contributed by atoms with Crippen LogP contribution in [-0.2, 0) is 0 Å². The molecule has 2 rings (SSSR count). The van der Waals surface area contributed by atoms with E-state index in [0.29, 0.717) is 0 Å². The van der Waals surface area contributed by atoms with E-state index in [2.05, 4.69) is 0 Å². The molecule has 0 aliphatic carbocycles. The average molecular weight is 226 g/mol. The Labute approximate surface area is 101 Å². The molecule has 0 bridgehead atoms. The van der Waals surface area contributed by atoms with Gasteiger partial charge in [0, 0.05) is 5.56 Å². The lowest BCUT2D eigenvalue weighted by atomic mass is 10.1. The second kappa shape index (κ2) is 5.21. The van der Waals surface area contributed by atoms with Gasteiger partial charge >= 0.3 is 0 Å². The van der Waals surface area contributed by atoms with Crippen molar-refractivity contribution in [3.05, 3.63) is 59.7 Å². The zero-order valence-electron chi connectivity index (χ0n) is 9.63. The fraction of sp³-hybridized carbons (Fsp3) is 0.0667. The Bertz CT molecular complexity index is 530. The van der Waals surface area contributed by atoms with Crippen molar-refractivity contribution in [1.82, 2.24) is 0 Å². The minimum atomic E-state index is 0.284. The smallest absolute Gasteiger partial charge is 0.122 e. The van der Waals surface area contributed by atoms with Gasteiger partial charge in [0.1, 0.15) is 11.5 Å². The maximum Gasteiger partial charge on any atom is 0.122 e. The lowest BCUT2D eigenvalue weighted by Crippen LogP contribution is -1.82. The monoisotopic (exact) mass is 226 g/mol. The molecule has 0 fully saturated rings. The van der Waals surface area contributed by atoms with Crippen molar-refractivity contribution >= 4 is 12.2 Å². The van der Waals surface area contributed by atoms with Gasteiger partial charge < -0.3 is 9.84 Å². The molecular formula is C15H14O2. The predicted molar refractivity (Wildman–Crippen MR) is 70.0 cm³/mol. The van der Waals surface area contributed by atoms with Crippen LogP contribution in [0, 0.1) is 0 Å². The first kappa shape index (κ1) is 11.3. The molecule has 2 aromatic rings. The van der Waals surface area contributed by atoms with Crippen LogP contribution in [0.1, 0.15) is 11.1 Å². The summed E-state index contributed by atoms with van der Waals surface area (Å²) in [5.41, 5.74) is 1.84. The molecule has 0 aliphatic rings. The van der Waals surface area contributed by atoms with Crippen molar-refractivity contribution < 1.29 is 9.84 Å². The normalized spacial score (nSPS) is 10.6. The molecule has 2 aromatic carbocycles. The van der Waals surface area contributed by atoms with Crippen molar-refractivity contribution in [3.8, 4) is 11.5 Å². The maximum absolute atomic E-state index is 9.61. The molecule has 0 aliphatic heterocycles. The summed E-state index contributed by atoms with van der Waals surface area (Å²) in [6, 6.07) is 15.0. The van der Waals surface area contributed by atoms with Crippen molar-refractivity contribution in [2.75, 3.05) is 7.11 Å². The SMILES string of the molecule is COc1cccc(C=Cc2ccccc2O)c1. The van der Waals surface area contributed by atoms with E-state index >= 15 is 0 Å². The number of rotatable bonds is 3. The lowest BCUT2D eigenvalue weighted by Gasteiger charge is -2.00. The maximum atomic E-state index is 9.61. The van der Waals surface area contributed by atoms with Crippen LogP contribution in [0.5, 0.6) is 11.5 Å². The van der Waals surface area contributed by atoms with Gasteiger partial charge in [-0.15, -0.1) is 0 Å². The summed E-state index contributed by atoms with van der Waals surface area (Å²) < 4.78 is 5.15. The van der Waals surface area contributed by atoms with E-state index in [1.807, 2.05) is 48.6 Å². The second-order valence-corrected chi connectivity index (χ2v) is 3.67. The van der Waals surface area contributed by atoms with Crippen LogP contribution in [0.2, 0.25) is 0 Å². The summed E-state index contributed by atoms with van der Waals surface area (Å²) in [6.45, 7) is 0. The van der Waals surface area contributed by atoms with Gasteiger partial charge in [-0.25, -0.2) is 0 Å². The third-order valence-corrected chi connectivity index (χ3v) is 2.49. The summed E-state index contributed by atoms with van der Waals surface area (Å²) in [7, 11) is 1.64. The van der Waals surface area contributed by atoms with Gasteiger partial charge in [0.25, 0.3) is 0 Å². The van der Waals surface area contributed by atoms with Gasteiger partial charge in [0.05, 0.1) is 7.11 Å². The third-order valence-electron chi connectivity index (χ3n) is 2.49. The molecule has 0 atom stereocenters. The summed E-state index contributed by atoms with van der Waals surface area (Å²) in [4.78, 5) is 0. The molecule has 86 valence electrons. The van der Waals surface area contributed by atoms with Crippen LogP contribution in [-0.4, -0.2) is 12.2 Å². The number of benzene rings is 2. The minimum absolute atomic E-state index is 0.284. The molecule has 0 saturated carbocycles. The molecule has 0 spiro atoms. The number of phenols is 1.